The summed E-state index contributed by atoms with van der Waals surface area (Å²) in [6.45, 7) is 1.17. The summed E-state index contributed by atoms with van der Waals surface area (Å²) in [6, 6.07) is 4.98. The van der Waals surface area contributed by atoms with Crippen LogP contribution in [0.15, 0.2) is 22.7 Å². The Hall–Kier alpha value is -0.300. The van der Waals surface area contributed by atoms with E-state index >= 15 is 0 Å². The maximum Gasteiger partial charge on any atom is 0.301 e. The van der Waals surface area contributed by atoms with E-state index in [1.54, 1.807) is 18.2 Å². The van der Waals surface area contributed by atoms with E-state index < -0.39 is 10.2 Å². The first-order valence-corrected chi connectivity index (χ1v) is 8.83. The maximum atomic E-state index is 12.3. The quantitative estimate of drug-likeness (QED) is 0.887. The fourth-order valence-corrected chi connectivity index (χ4v) is 3.84. The average molecular weight is 368 g/mol. The molecule has 0 unspecified atom stereocenters. The molecule has 0 amide bonds. The third-order valence-corrected chi connectivity index (χ3v) is 5.82. The summed E-state index contributed by atoms with van der Waals surface area (Å²) in [6.07, 6.45) is 4.04. The van der Waals surface area contributed by atoms with Gasteiger partial charge in [0.2, 0.25) is 0 Å². The minimum Gasteiger partial charge on any atom is -0.271 e. The molecule has 4 nitrogen and oxygen atoms in total. The van der Waals surface area contributed by atoms with E-state index in [0.29, 0.717) is 28.3 Å². The van der Waals surface area contributed by atoms with Gasteiger partial charge < -0.3 is 0 Å². The second kappa shape index (κ2) is 6.43. The van der Waals surface area contributed by atoms with Crippen LogP contribution in [0, 0.1) is 0 Å². The van der Waals surface area contributed by atoms with Crippen LogP contribution in [0.4, 0.5) is 5.69 Å². The van der Waals surface area contributed by atoms with E-state index in [-0.39, 0.29) is 0 Å². The van der Waals surface area contributed by atoms with Gasteiger partial charge in [-0.15, -0.1) is 0 Å². The van der Waals surface area contributed by atoms with E-state index in [9.17, 15) is 8.42 Å². The lowest BCUT2D eigenvalue weighted by Crippen LogP contribution is -2.36. The van der Waals surface area contributed by atoms with Crippen LogP contribution < -0.4 is 4.72 Å². The first kappa shape index (κ1) is 15.1. The van der Waals surface area contributed by atoms with Crippen molar-refractivity contribution in [3.8, 4) is 0 Å². The smallest absolute Gasteiger partial charge is 0.271 e. The lowest BCUT2D eigenvalue weighted by atomic mass is 10.2. The second-order valence-electron chi connectivity index (χ2n) is 4.55. The van der Waals surface area contributed by atoms with Crippen molar-refractivity contribution in [3.05, 3.63) is 27.7 Å². The first-order valence-electron chi connectivity index (χ1n) is 6.22. The number of halogens is 2. The van der Waals surface area contributed by atoms with Crippen molar-refractivity contribution in [1.82, 2.24) is 4.31 Å². The van der Waals surface area contributed by atoms with Gasteiger partial charge in [-0.2, -0.15) is 12.7 Å². The van der Waals surface area contributed by atoms with Crippen LogP contribution in [0.25, 0.3) is 0 Å². The van der Waals surface area contributed by atoms with Gasteiger partial charge in [-0.25, -0.2) is 0 Å². The summed E-state index contributed by atoms with van der Waals surface area (Å²) >= 11 is 9.17. The van der Waals surface area contributed by atoms with E-state index in [1.807, 2.05) is 0 Å². The zero-order chi connectivity index (χ0) is 13.9. The number of rotatable bonds is 3. The number of anilines is 1. The monoisotopic (exact) mass is 366 g/mol. The van der Waals surface area contributed by atoms with E-state index in [2.05, 4.69) is 20.7 Å². The van der Waals surface area contributed by atoms with E-state index in [4.69, 9.17) is 11.6 Å². The number of nitrogens with one attached hydrogen (secondary N) is 1. The standard InChI is InChI=1S/C12H16BrClN2O2S/c13-11-9-10(5-6-12(11)14)15-19(17,18)16-7-3-1-2-4-8-16/h5-6,9,15H,1-4,7-8H2. The van der Waals surface area contributed by atoms with Gasteiger partial charge in [0.25, 0.3) is 0 Å². The van der Waals surface area contributed by atoms with Crippen LogP contribution in [-0.2, 0) is 10.2 Å². The minimum absolute atomic E-state index is 0.514. The molecule has 1 aromatic rings. The third kappa shape index (κ3) is 4.08. The molecule has 1 saturated heterocycles. The molecule has 7 heteroatoms. The zero-order valence-electron chi connectivity index (χ0n) is 10.4. The molecule has 19 heavy (non-hydrogen) atoms. The Morgan fingerprint density at radius 3 is 2.37 bits per heavy atom. The highest BCUT2D eigenvalue weighted by atomic mass is 79.9. The highest BCUT2D eigenvalue weighted by Crippen LogP contribution is 2.26. The average Bonchev–Trinajstić information content (AvgIpc) is 2.63. The highest BCUT2D eigenvalue weighted by Gasteiger charge is 2.22. The summed E-state index contributed by atoms with van der Waals surface area (Å²) in [4.78, 5) is 0. The van der Waals surface area contributed by atoms with Crippen LogP contribution in [0.2, 0.25) is 5.02 Å². The van der Waals surface area contributed by atoms with Crippen LogP contribution >= 0.6 is 27.5 Å². The molecule has 1 N–H and O–H groups in total. The van der Waals surface area contributed by atoms with Crippen molar-refractivity contribution in [2.45, 2.75) is 25.7 Å². The maximum absolute atomic E-state index is 12.3. The number of hydrogen-bond acceptors (Lipinski definition) is 2. The number of benzene rings is 1. The van der Waals surface area contributed by atoms with E-state index in [0.717, 1.165) is 25.7 Å². The fraction of sp³-hybridized carbons (Fsp3) is 0.500. The second-order valence-corrected chi connectivity index (χ2v) is 7.48. The van der Waals surface area contributed by atoms with Gasteiger partial charge in [0.15, 0.2) is 0 Å². The van der Waals surface area contributed by atoms with Gasteiger partial charge in [0.05, 0.1) is 10.7 Å². The van der Waals surface area contributed by atoms with Crippen LogP contribution in [0.1, 0.15) is 25.7 Å². The largest absolute Gasteiger partial charge is 0.301 e. The first-order chi connectivity index (χ1) is 8.99. The normalized spacial score (nSPS) is 18.0. The Morgan fingerprint density at radius 1 is 1.16 bits per heavy atom. The van der Waals surface area contributed by atoms with Gasteiger partial charge in [-0.3, -0.25) is 4.72 Å². The predicted octanol–water partition coefficient (Wildman–Crippen LogP) is 3.64. The van der Waals surface area contributed by atoms with E-state index in [1.165, 1.54) is 4.31 Å². The molecule has 1 fully saturated rings. The van der Waals surface area contributed by atoms with Crippen molar-refractivity contribution in [2.75, 3.05) is 17.8 Å². The lowest BCUT2D eigenvalue weighted by Gasteiger charge is -2.20. The molecule has 0 radical (unpaired) electrons. The Bertz CT molecular complexity index is 543. The van der Waals surface area contributed by atoms with Gasteiger partial charge in [0.1, 0.15) is 0 Å². The van der Waals surface area contributed by atoms with Crippen LogP contribution in [0.5, 0.6) is 0 Å². The molecular weight excluding hydrogens is 352 g/mol. The van der Waals surface area contributed by atoms with Gasteiger partial charge in [-0.05, 0) is 47.0 Å². The molecule has 0 aromatic heterocycles. The number of nitrogens with zero attached hydrogens (tertiary/aromatic N) is 1. The summed E-state index contributed by atoms with van der Waals surface area (Å²) in [5.74, 6) is 0. The summed E-state index contributed by atoms with van der Waals surface area (Å²) < 4.78 is 29.3. The molecule has 0 bridgehead atoms. The molecule has 0 atom stereocenters. The van der Waals surface area contributed by atoms with Crippen molar-refractivity contribution in [2.24, 2.45) is 0 Å². The van der Waals surface area contributed by atoms with Crippen molar-refractivity contribution in [1.29, 1.82) is 0 Å². The van der Waals surface area contributed by atoms with Crippen molar-refractivity contribution in [3.63, 3.8) is 0 Å². The zero-order valence-corrected chi connectivity index (χ0v) is 13.6. The van der Waals surface area contributed by atoms with Gasteiger partial charge in [0, 0.05) is 17.6 Å². The Labute approximate surface area is 127 Å². The Balaban J connectivity index is 2.13. The molecule has 1 heterocycles. The Morgan fingerprint density at radius 2 is 1.79 bits per heavy atom. The molecule has 106 valence electrons. The topological polar surface area (TPSA) is 49.4 Å². The lowest BCUT2D eigenvalue weighted by molar-refractivity contribution is 0.427. The molecular formula is C12H16BrClN2O2S. The molecule has 2 rings (SSSR count). The summed E-state index contributed by atoms with van der Waals surface area (Å²) in [7, 11) is -3.47. The predicted molar refractivity (Wildman–Crippen MR) is 81.7 cm³/mol. The van der Waals surface area contributed by atoms with Crippen LogP contribution in [-0.4, -0.2) is 25.8 Å². The fourth-order valence-electron chi connectivity index (χ4n) is 2.06. The molecule has 1 aliphatic heterocycles. The van der Waals surface area contributed by atoms with Gasteiger partial charge in [-0.1, -0.05) is 24.4 Å². The van der Waals surface area contributed by atoms with Crippen LogP contribution in [0.3, 0.4) is 0 Å². The summed E-state index contributed by atoms with van der Waals surface area (Å²) in [5, 5.41) is 0.553. The minimum atomic E-state index is -3.47. The van der Waals surface area contributed by atoms with Crippen molar-refractivity contribution < 1.29 is 8.42 Å². The summed E-state index contributed by atoms with van der Waals surface area (Å²) in [5.41, 5.74) is 0.514. The molecule has 0 aliphatic carbocycles. The molecule has 1 aliphatic rings. The highest BCUT2D eigenvalue weighted by molar-refractivity contribution is 9.10. The molecule has 1 aromatic carbocycles. The van der Waals surface area contributed by atoms with Crippen molar-refractivity contribution >= 4 is 43.4 Å². The Kier molecular flexibility index (Phi) is 5.11. The SMILES string of the molecule is O=S(=O)(Nc1ccc(Cl)c(Br)c1)N1CCCCCC1. The number of hydrogen-bond donors (Lipinski definition) is 1. The third-order valence-electron chi connectivity index (χ3n) is 3.07. The molecule has 0 saturated carbocycles. The van der Waals surface area contributed by atoms with Gasteiger partial charge >= 0.3 is 10.2 Å². The molecule has 0 spiro atoms.